The molecule has 0 radical (unpaired) electrons. The van der Waals surface area contributed by atoms with Crippen molar-refractivity contribution < 1.29 is 19.0 Å². The first kappa shape index (κ1) is 25.6. The van der Waals surface area contributed by atoms with Gasteiger partial charge in [-0.05, 0) is 57.3 Å². The van der Waals surface area contributed by atoms with Gasteiger partial charge >= 0.3 is 5.69 Å². The summed E-state index contributed by atoms with van der Waals surface area (Å²) in [7, 11) is 2.04. The Morgan fingerprint density at radius 2 is 2.00 bits per heavy atom. The number of rotatable bonds is 3. The van der Waals surface area contributed by atoms with Crippen molar-refractivity contribution in [3.8, 4) is 22.6 Å². The maximum Gasteiger partial charge on any atom is 0.350 e. The van der Waals surface area contributed by atoms with Gasteiger partial charge in [0.25, 0.3) is 0 Å². The standard InChI is InChI=1S/C28H29ClFN5O4/c1-3-22(37)33-11-12-34-17(14-33)15-39-26-24-20(13-18(25(26)29)23-19(30)5-4-6-21(23)36)35(28(38)31-27(24)34)16-7-9-32(2)10-8-16/h3-6,13,16-17,36H,1,7-12,14-15H2,2H3/t17-/m0/s1. The summed E-state index contributed by atoms with van der Waals surface area (Å²) in [6, 6.07) is 5.33. The van der Waals surface area contributed by atoms with Crippen molar-refractivity contribution in [3.05, 3.63) is 58.2 Å². The van der Waals surface area contributed by atoms with Crippen molar-refractivity contribution in [2.24, 2.45) is 0 Å². The molecule has 204 valence electrons. The highest BCUT2D eigenvalue weighted by atomic mass is 35.5. The molecule has 11 heteroatoms. The monoisotopic (exact) mass is 553 g/mol. The van der Waals surface area contributed by atoms with E-state index in [2.05, 4.69) is 16.5 Å². The second-order valence-electron chi connectivity index (χ2n) is 10.4. The van der Waals surface area contributed by atoms with E-state index >= 15 is 4.39 Å². The summed E-state index contributed by atoms with van der Waals surface area (Å²) in [4.78, 5) is 36.6. The summed E-state index contributed by atoms with van der Waals surface area (Å²) in [5.74, 6) is -0.366. The first-order valence-corrected chi connectivity index (χ1v) is 13.4. The summed E-state index contributed by atoms with van der Waals surface area (Å²) in [5.41, 5.74) is 0.294. The Morgan fingerprint density at radius 1 is 1.23 bits per heavy atom. The van der Waals surface area contributed by atoms with Crippen molar-refractivity contribution in [2.45, 2.75) is 24.9 Å². The van der Waals surface area contributed by atoms with Gasteiger partial charge in [0, 0.05) is 31.2 Å². The second kappa shape index (κ2) is 9.84. The number of piperazine rings is 1. The van der Waals surface area contributed by atoms with Gasteiger partial charge in [-0.3, -0.25) is 9.36 Å². The molecule has 1 N–H and O–H groups in total. The molecule has 3 aliphatic heterocycles. The molecular formula is C28H29ClFN5O4. The average molecular weight is 554 g/mol. The SMILES string of the molecule is C=CC(=O)N1CCN2c3nc(=O)n(C4CCN(C)CC4)c4cc(-c5c(O)cccc5F)c(Cl)c(c34)OC[C@@H]2C1. The van der Waals surface area contributed by atoms with Crippen molar-refractivity contribution in [3.63, 3.8) is 0 Å². The highest BCUT2D eigenvalue weighted by Crippen LogP contribution is 2.48. The summed E-state index contributed by atoms with van der Waals surface area (Å²) in [6.45, 7) is 6.64. The molecule has 1 amide bonds. The fraction of sp³-hybridized carbons (Fsp3) is 0.393. The van der Waals surface area contributed by atoms with E-state index in [-0.39, 0.29) is 52.2 Å². The third kappa shape index (κ3) is 4.22. The zero-order valence-electron chi connectivity index (χ0n) is 21.6. The number of carbonyl (C=O) groups excluding carboxylic acids is 1. The summed E-state index contributed by atoms with van der Waals surface area (Å²) < 4.78 is 23.1. The normalized spacial score (nSPS) is 19.9. The van der Waals surface area contributed by atoms with Crippen molar-refractivity contribution in [1.82, 2.24) is 19.4 Å². The number of benzene rings is 2. The van der Waals surface area contributed by atoms with Gasteiger partial charge < -0.3 is 24.5 Å². The molecule has 0 bridgehead atoms. The van der Waals surface area contributed by atoms with Crippen LogP contribution in [0.1, 0.15) is 18.9 Å². The quantitative estimate of drug-likeness (QED) is 0.497. The fourth-order valence-corrected chi connectivity index (χ4v) is 6.32. The van der Waals surface area contributed by atoms with Gasteiger partial charge in [-0.1, -0.05) is 24.2 Å². The van der Waals surface area contributed by atoms with Crippen LogP contribution in [0.3, 0.4) is 0 Å². The van der Waals surface area contributed by atoms with Crippen LogP contribution in [0.5, 0.6) is 11.5 Å². The maximum atomic E-state index is 15.1. The molecular weight excluding hydrogens is 525 g/mol. The molecule has 0 unspecified atom stereocenters. The van der Waals surface area contributed by atoms with Crippen LogP contribution in [0.25, 0.3) is 22.0 Å². The van der Waals surface area contributed by atoms with Crippen molar-refractivity contribution in [2.75, 3.05) is 51.3 Å². The zero-order valence-corrected chi connectivity index (χ0v) is 22.3. The minimum absolute atomic E-state index is 0.0605. The molecule has 4 heterocycles. The third-order valence-corrected chi connectivity index (χ3v) is 8.44. The Bertz CT molecular complexity index is 1530. The molecule has 1 atom stereocenters. The molecule has 2 fully saturated rings. The largest absolute Gasteiger partial charge is 0.507 e. The topological polar surface area (TPSA) is 91.1 Å². The highest BCUT2D eigenvalue weighted by Gasteiger charge is 2.37. The number of amides is 1. The molecule has 2 saturated heterocycles. The molecule has 6 rings (SSSR count). The van der Waals surface area contributed by atoms with Gasteiger partial charge in [0.2, 0.25) is 5.91 Å². The number of ether oxygens (including phenoxy) is 1. The van der Waals surface area contributed by atoms with Crippen LogP contribution in [-0.4, -0.2) is 82.8 Å². The summed E-state index contributed by atoms with van der Waals surface area (Å²) in [6.07, 6.45) is 2.78. The zero-order chi connectivity index (χ0) is 27.4. The van der Waals surface area contributed by atoms with Gasteiger partial charge in [0.05, 0.1) is 27.5 Å². The number of likely N-dealkylation sites (tertiary alicyclic amines) is 1. The summed E-state index contributed by atoms with van der Waals surface area (Å²) >= 11 is 6.92. The number of piperidine rings is 1. The minimum Gasteiger partial charge on any atom is -0.507 e. The van der Waals surface area contributed by atoms with Crippen molar-refractivity contribution >= 4 is 34.2 Å². The Balaban J connectivity index is 1.60. The van der Waals surface area contributed by atoms with Gasteiger partial charge in [0.15, 0.2) is 5.75 Å². The van der Waals surface area contributed by atoms with E-state index in [1.54, 1.807) is 15.5 Å². The van der Waals surface area contributed by atoms with Crippen LogP contribution in [-0.2, 0) is 4.79 Å². The van der Waals surface area contributed by atoms with Crippen molar-refractivity contribution in [1.29, 1.82) is 0 Å². The van der Waals surface area contributed by atoms with E-state index in [1.165, 1.54) is 24.3 Å². The van der Waals surface area contributed by atoms with Crippen LogP contribution in [0.2, 0.25) is 5.02 Å². The first-order chi connectivity index (χ1) is 18.8. The molecule has 9 nitrogen and oxygen atoms in total. The number of aromatic nitrogens is 2. The Labute approximate surface area is 229 Å². The number of fused-ring (bicyclic) bond motifs is 2. The Morgan fingerprint density at radius 3 is 2.72 bits per heavy atom. The average Bonchev–Trinajstić information content (AvgIpc) is 3.08. The van der Waals surface area contributed by atoms with Crippen LogP contribution in [0.15, 0.2) is 41.7 Å². The molecule has 0 saturated carbocycles. The number of phenols is 1. The molecule has 39 heavy (non-hydrogen) atoms. The molecule has 0 spiro atoms. The lowest BCUT2D eigenvalue weighted by molar-refractivity contribution is -0.126. The van der Waals surface area contributed by atoms with E-state index in [1.807, 2.05) is 11.9 Å². The van der Waals surface area contributed by atoms with Gasteiger partial charge in [-0.2, -0.15) is 4.98 Å². The van der Waals surface area contributed by atoms with E-state index in [0.29, 0.717) is 36.4 Å². The van der Waals surface area contributed by atoms with Gasteiger partial charge in [-0.15, -0.1) is 0 Å². The number of hydrogen-bond donors (Lipinski definition) is 1. The molecule has 2 aromatic carbocycles. The second-order valence-corrected chi connectivity index (χ2v) is 10.7. The van der Waals surface area contributed by atoms with E-state index < -0.39 is 11.5 Å². The number of carbonyl (C=O) groups is 1. The highest BCUT2D eigenvalue weighted by molar-refractivity contribution is 6.36. The molecule has 1 aromatic heterocycles. The van der Waals surface area contributed by atoms with Crippen LogP contribution in [0, 0.1) is 5.82 Å². The molecule has 0 aliphatic carbocycles. The van der Waals surface area contributed by atoms with E-state index in [0.717, 1.165) is 25.9 Å². The molecule has 3 aliphatic rings. The van der Waals surface area contributed by atoms with E-state index in [9.17, 15) is 14.7 Å². The first-order valence-electron chi connectivity index (χ1n) is 13.0. The number of nitrogens with zero attached hydrogens (tertiary/aromatic N) is 5. The minimum atomic E-state index is -0.643. The number of anilines is 1. The predicted molar refractivity (Wildman–Crippen MR) is 147 cm³/mol. The summed E-state index contributed by atoms with van der Waals surface area (Å²) in [5, 5.41) is 11.3. The third-order valence-electron chi connectivity index (χ3n) is 8.07. The van der Waals surface area contributed by atoms with Crippen LogP contribution < -0.4 is 15.3 Å². The number of hydrogen-bond acceptors (Lipinski definition) is 7. The lowest BCUT2D eigenvalue weighted by atomic mass is 9.99. The number of phenolic OH excluding ortho intramolecular Hbond substituents is 1. The van der Waals surface area contributed by atoms with Gasteiger partial charge in [0.1, 0.15) is 24.0 Å². The van der Waals surface area contributed by atoms with Crippen LogP contribution in [0.4, 0.5) is 10.2 Å². The maximum absolute atomic E-state index is 15.1. The smallest absolute Gasteiger partial charge is 0.350 e. The predicted octanol–water partition coefficient (Wildman–Crippen LogP) is 3.42. The van der Waals surface area contributed by atoms with Crippen LogP contribution >= 0.6 is 11.6 Å². The number of halogens is 2. The number of aromatic hydroxyl groups is 1. The Kier molecular flexibility index (Phi) is 6.47. The lowest BCUT2D eigenvalue weighted by Gasteiger charge is -2.40. The lowest BCUT2D eigenvalue weighted by Crippen LogP contribution is -2.56. The van der Waals surface area contributed by atoms with E-state index in [4.69, 9.17) is 16.3 Å². The Hall–Kier alpha value is -3.63. The fourth-order valence-electron chi connectivity index (χ4n) is 6.03. The molecule has 3 aromatic rings. The van der Waals surface area contributed by atoms with Gasteiger partial charge in [-0.25, -0.2) is 9.18 Å².